The van der Waals surface area contributed by atoms with Gasteiger partial charge in [0.25, 0.3) is 5.95 Å². The number of hydrogen-bond donors (Lipinski definition) is 1. The normalized spacial score (nSPS) is 19.1. The molecule has 82 valence electrons. The second kappa shape index (κ2) is 3.41. The Balaban J connectivity index is 2.10. The van der Waals surface area contributed by atoms with E-state index in [0.717, 1.165) is 0 Å². The number of halogens is 1. The first kappa shape index (κ1) is 10.3. The third kappa shape index (κ3) is 1.67. The molecule has 2 rings (SSSR count). The van der Waals surface area contributed by atoms with Crippen molar-refractivity contribution in [2.24, 2.45) is 5.92 Å². The quantitative estimate of drug-likeness (QED) is 0.787. The fraction of sp³-hybridized carbons (Fsp3) is 0.600. The zero-order valence-electron chi connectivity index (χ0n) is 8.81. The van der Waals surface area contributed by atoms with Gasteiger partial charge in [-0.1, -0.05) is 13.8 Å². The molecule has 0 spiro atoms. The molecule has 1 aliphatic rings. The maximum Gasteiger partial charge on any atom is 0.255 e. The maximum absolute atomic E-state index is 13.2. The Morgan fingerprint density at radius 2 is 2.00 bits per heavy atom. The SMILES string of the molecule is CC(C)C1(O)CN(c2nccnc2F)C1. The third-order valence-electron chi connectivity index (χ3n) is 2.94. The lowest BCUT2D eigenvalue weighted by Gasteiger charge is -2.49. The number of aromatic nitrogens is 2. The summed E-state index contributed by atoms with van der Waals surface area (Å²) in [4.78, 5) is 9.12. The maximum atomic E-state index is 13.2. The van der Waals surface area contributed by atoms with E-state index in [0.29, 0.717) is 13.1 Å². The van der Waals surface area contributed by atoms with Crippen LogP contribution in [0.4, 0.5) is 10.2 Å². The molecule has 1 saturated heterocycles. The van der Waals surface area contributed by atoms with E-state index < -0.39 is 11.5 Å². The Morgan fingerprint density at radius 1 is 1.40 bits per heavy atom. The lowest BCUT2D eigenvalue weighted by Crippen LogP contribution is -2.65. The van der Waals surface area contributed by atoms with E-state index in [1.807, 2.05) is 13.8 Å². The van der Waals surface area contributed by atoms with Crippen LogP contribution in [0.3, 0.4) is 0 Å². The summed E-state index contributed by atoms with van der Waals surface area (Å²) in [6, 6.07) is 0. The van der Waals surface area contributed by atoms with Gasteiger partial charge in [-0.25, -0.2) is 9.97 Å². The van der Waals surface area contributed by atoms with Gasteiger partial charge in [0, 0.05) is 12.4 Å². The highest BCUT2D eigenvalue weighted by molar-refractivity contribution is 5.42. The highest BCUT2D eigenvalue weighted by Gasteiger charge is 2.45. The third-order valence-corrected chi connectivity index (χ3v) is 2.94. The molecule has 0 unspecified atom stereocenters. The molecule has 2 heterocycles. The zero-order chi connectivity index (χ0) is 11.1. The molecule has 1 fully saturated rings. The van der Waals surface area contributed by atoms with Crippen LogP contribution >= 0.6 is 0 Å². The number of aliphatic hydroxyl groups is 1. The van der Waals surface area contributed by atoms with Crippen molar-refractivity contribution in [2.45, 2.75) is 19.4 Å². The first-order valence-corrected chi connectivity index (χ1v) is 4.97. The Hall–Kier alpha value is -1.23. The Kier molecular flexibility index (Phi) is 2.34. The summed E-state index contributed by atoms with van der Waals surface area (Å²) in [6.07, 6.45) is 2.76. The number of hydrogen-bond acceptors (Lipinski definition) is 4. The van der Waals surface area contributed by atoms with E-state index >= 15 is 0 Å². The van der Waals surface area contributed by atoms with Gasteiger partial charge in [-0.15, -0.1) is 0 Å². The highest BCUT2D eigenvalue weighted by Crippen LogP contribution is 2.32. The Morgan fingerprint density at radius 3 is 2.53 bits per heavy atom. The van der Waals surface area contributed by atoms with Crippen LogP contribution in [-0.2, 0) is 0 Å². The Labute approximate surface area is 87.8 Å². The van der Waals surface area contributed by atoms with Crippen molar-refractivity contribution in [3.05, 3.63) is 18.3 Å². The predicted molar refractivity (Wildman–Crippen MR) is 54.0 cm³/mol. The number of rotatable bonds is 2. The fourth-order valence-electron chi connectivity index (χ4n) is 1.66. The van der Waals surface area contributed by atoms with E-state index in [9.17, 15) is 9.50 Å². The number of anilines is 1. The number of nitrogens with zero attached hydrogens (tertiary/aromatic N) is 3. The minimum Gasteiger partial charge on any atom is -0.386 e. The van der Waals surface area contributed by atoms with Crippen LogP contribution in [0.5, 0.6) is 0 Å². The largest absolute Gasteiger partial charge is 0.386 e. The van der Waals surface area contributed by atoms with Crippen molar-refractivity contribution in [1.82, 2.24) is 9.97 Å². The lowest BCUT2D eigenvalue weighted by atomic mass is 9.83. The van der Waals surface area contributed by atoms with Crippen molar-refractivity contribution in [1.29, 1.82) is 0 Å². The van der Waals surface area contributed by atoms with Crippen LogP contribution in [0.2, 0.25) is 0 Å². The monoisotopic (exact) mass is 211 g/mol. The molecule has 1 aromatic heterocycles. The van der Waals surface area contributed by atoms with Gasteiger partial charge in [0.1, 0.15) is 5.60 Å². The van der Waals surface area contributed by atoms with E-state index in [4.69, 9.17) is 0 Å². The van der Waals surface area contributed by atoms with Crippen LogP contribution in [0.25, 0.3) is 0 Å². The molecule has 0 bridgehead atoms. The average Bonchev–Trinajstić information content (AvgIpc) is 2.14. The smallest absolute Gasteiger partial charge is 0.255 e. The molecule has 0 aliphatic carbocycles. The molecule has 0 radical (unpaired) electrons. The van der Waals surface area contributed by atoms with Gasteiger partial charge in [-0.05, 0) is 5.92 Å². The van der Waals surface area contributed by atoms with Crippen molar-refractivity contribution in [3.8, 4) is 0 Å². The molecular weight excluding hydrogens is 197 g/mol. The van der Waals surface area contributed by atoms with Gasteiger partial charge in [-0.2, -0.15) is 4.39 Å². The molecule has 1 aromatic rings. The molecule has 0 aromatic carbocycles. The highest BCUT2D eigenvalue weighted by atomic mass is 19.1. The number of β-amino-alcohol motifs (C(OH)–C–C–N with tert-alkyl or cyclic N) is 1. The van der Waals surface area contributed by atoms with Crippen molar-refractivity contribution < 1.29 is 9.50 Å². The summed E-state index contributed by atoms with van der Waals surface area (Å²) >= 11 is 0. The lowest BCUT2D eigenvalue weighted by molar-refractivity contribution is -0.0308. The van der Waals surface area contributed by atoms with Gasteiger partial charge < -0.3 is 10.0 Å². The van der Waals surface area contributed by atoms with E-state index in [1.54, 1.807) is 4.90 Å². The van der Waals surface area contributed by atoms with Crippen LogP contribution < -0.4 is 4.90 Å². The summed E-state index contributed by atoms with van der Waals surface area (Å²) in [5.41, 5.74) is -0.718. The van der Waals surface area contributed by atoms with Crippen molar-refractivity contribution in [2.75, 3.05) is 18.0 Å². The standard InChI is InChI=1S/C10H14FN3O/c1-7(2)10(15)5-14(6-10)9-8(11)12-3-4-13-9/h3-4,7,15H,5-6H2,1-2H3. The topological polar surface area (TPSA) is 49.2 Å². The minimum absolute atomic E-state index is 0.161. The minimum atomic E-state index is -0.718. The predicted octanol–water partition coefficient (Wildman–Crippen LogP) is 0.823. The van der Waals surface area contributed by atoms with Crippen LogP contribution in [-0.4, -0.2) is 33.8 Å². The second-order valence-electron chi connectivity index (χ2n) is 4.29. The molecule has 1 aliphatic heterocycles. The Bertz CT molecular complexity index is 363. The van der Waals surface area contributed by atoms with Crippen LogP contribution in [0.1, 0.15) is 13.8 Å². The molecule has 0 amide bonds. The summed E-state index contributed by atoms with van der Waals surface area (Å²) in [6.45, 7) is 4.73. The summed E-state index contributed by atoms with van der Waals surface area (Å²) in [5, 5.41) is 10.00. The zero-order valence-corrected chi connectivity index (χ0v) is 8.81. The van der Waals surface area contributed by atoms with E-state index in [1.165, 1.54) is 12.4 Å². The molecule has 5 heteroatoms. The summed E-state index contributed by atoms with van der Waals surface area (Å²) < 4.78 is 13.2. The molecule has 15 heavy (non-hydrogen) atoms. The van der Waals surface area contributed by atoms with Gasteiger partial charge in [-0.3, -0.25) is 0 Å². The van der Waals surface area contributed by atoms with Gasteiger partial charge in [0.15, 0.2) is 5.82 Å². The molecule has 0 saturated carbocycles. The van der Waals surface area contributed by atoms with Crippen molar-refractivity contribution >= 4 is 5.82 Å². The van der Waals surface area contributed by atoms with Crippen LogP contribution in [0.15, 0.2) is 12.4 Å². The van der Waals surface area contributed by atoms with Crippen LogP contribution in [0, 0.1) is 11.9 Å². The van der Waals surface area contributed by atoms with E-state index in [2.05, 4.69) is 9.97 Å². The van der Waals surface area contributed by atoms with Gasteiger partial charge >= 0.3 is 0 Å². The van der Waals surface area contributed by atoms with Crippen molar-refractivity contribution in [3.63, 3.8) is 0 Å². The van der Waals surface area contributed by atoms with Gasteiger partial charge in [0.05, 0.1) is 13.1 Å². The summed E-state index contributed by atoms with van der Waals surface area (Å²) in [7, 11) is 0. The molecule has 1 N–H and O–H groups in total. The second-order valence-corrected chi connectivity index (χ2v) is 4.29. The molecular formula is C10H14FN3O. The first-order valence-electron chi connectivity index (χ1n) is 4.97. The average molecular weight is 211 g/mol. The van der Waals surface area contributed by atoms with Gasteiger partial charge in [0.2, 0.25) is 0 Å². The summed E-state index contributed by atoms with van der Waals surface area (Å²) in [5.74, 6) is -0.195. The fourth-order valence-corrected chi connectivity index (χ4v) is 1.66. The first-order chi connectivity index (χ1) is 7.03. The molecule has 0 atom stereocenters. The van der Waals surface area contributed by atoms with E-state index in [-0.39, 0.29) is 11.7 Å². The molecule has 4 nitrogen and oxygen atoms in total.